The molecule has 0 aliphatic heterocycles. The van der Waals surface area contributed by atoms with Gasteiger partial charge in [0.15, 0.2) is 15.8 Å². The first-order chi connectivity index (χ1) is 14.4. The summed E-state index contributed by atoms with van der Waals surface area (Å²) in [6, 6.07) is 13.3. The van der Waals surface area contributed by atoms with Crippen molar-refractivity contribution in [3.8, 4) is 0 Å². The maximum Gasteiger partial charge on any atom is 0.191 e. The van der Waals surface area contributed by atoms with Crippen LogP contribution >= 0.6 is 0 Å². The van der Waals surface area contributed by atoms with Crippen molar-refractivity contribution in [1.82, 2.24) is 15.6 Å². The molecule has 0 unspecified atom stereocenters. The molecular formula is C23H30N4O2S. The van der Waals surface area contributed by atoms with Gasteiger partial charge in [-0.1, -0.05) is 24.3 Å². The van der Waals surface area contributed by atoms with Gasteiger partial charge in [0, 0.05) is 43.0 Å². The summed E-state index contributed by atoms with van der Waals surface area (Å²) >= 11 is 0. The number of nitrogens with zero attached hydrogens (tertiary/aromatic N) is 1. The van der Waals surface area contributed by atoms with Gasteiger partial charge in [-0.2, -0.15) is 0 Å². The van der Waals surface area contributed by atoms with Crippen LogP contribution in [0.25, 0.3) is 10.9 Å². The lowest BCUT2D eigenvalue weighted by Gasteiger charge is -2.11. The Morgan fingerprint density at radius 3 is 2.53 bits per heavy atom. The number of aromatic nitrogens is 1. The second kappa shape index (κ2) is 9.80. The molecule has 7 heteroatoms. The highest BCUT2D eigenvalue weighted by Gasteiger charge is 2.07. The number of guanidine groups is 1. The highest BCUT2D eigenvalue weighted by atomic mass is 32.2. The van der Waals surface area contributed by atoms with Gasteiger partial charge >= 0.3 is 0 Å². The first kappa shape index (κ1) is 21.9. The van der Waals surface area contributed by atoms with Crippen molar-refractivity contribution in [3.05, 3.63) is 65.4 Å². The number of fused-ring (bicyclic) bond motifs is 1. The number of rotatable bonds is 8. The topological polar surface area (TPSA) is 86.3 Å². The molecule has 0 saturated heterocycles. The first-order valence-electron chi connectivity index (χ1n) is 10.2. The second-order valence-corrected chi connectivity index (χ2v) is 9.43. The minimum absolute atomic E-state index is 0.349. The van der Waals surface area contributed by atoms with E-state index in [9.17, 15) is 8.42 Å². The van der Waals surface area contributed by atoms with Crippen molar-refractivity contribution in [3.63, 3.8) is 0 Å². The van der Waals surface area contributed by atoms with Gasteiger partial charge in [0.2, 0.25) is 0 Å². The summed E-state index contributed by atoms with van der Waals surface area (Å²) in [6.07, 6.45) is 4.96. The highest BCUT2D eigenvalue weighted by Crippen LogP contribution is 2.22. The lowest BCUT2D eigenvalue weighted by atomic mass is 10.1. The number of nitrogens with one attached hydrogen (secondary N) is 3. The highest BCUT2D eigenvalue weighted by molar-refractivity contribution is 7.90. The van der Waals surface area contributed by atoms with Gasteiger partial charge in [-0.05, 0) is 61.6 Å². The van der Waals surface area contributed by atoms with Gasteiger partial charge in [0.1, 0.15) is 0 Å². The number of aromatic amines is 1. The molecule has 0 radical (unpaired) electrons. The predicted octanol–water partition coefficient (Wildman–Crippen LogP) is 3.22. The molecule has 1 aromatic heterocycles. The Morgan fingerprint density at radius 2 is 1.83 bits per heavy atom. The molecule has 0 bridgehead atoms. The quantitative estimate of drug-likeness (QED) is 0.381. The molecule has 0 saturated carbocycles. The van der Waals surface area contributed by atoms with Crippen LogP contribution in [0.15, 0.2) is 58.5 Å². The summed E-state index contributed by atoms with van der Waals surface area (Å²) in [5.74, 6) is 0.793. The second-order valence-electron chi connectivity index (χ2n) is 7.41. The SMILES string of the molecule is CCNC(=NCCc1c[nH]c2cccc(C)c12)NCCc1ccc(S(C)(=O)=O)cc1. The zero-order chi connectivity index (χ0) is 21.6. The number of sulfone groups is 1. The average Bonchev–Trinajstić information content (AvgIpc) is 3.12. The van der Waals surface area contributed by atoms with Crippen LogP contribution in [-0.2, 0) is 22.7 Å². The van der Waals surface area contributed by atoms with Gasteiger partial charge in [0.05, 0.1) is 4.90 Å². The number of benzene rings is 2. The molecule has 0 amide bonds. The van der Waals surface area contributed by atoms with Crippen molar-refractivity contribution in [2.75, 3.05) is 25.9 Å². The van der Waals surface area contributed by atoms with E-state index in [1.165, 1.54) is 28.3 Å². The molecule has 30 heavy (non-hydrogen) atoms. The molecule has 3 aromatic rings. The molecule has 1 heterocycles. The average molecular weight is 427 g/mol. The van der Waals surface area contributed by atoms with Crippen LogP contribution in [-0.4, -0.2) is 45.3 Å². The monoisotopic (exact) mass is 426 g/mol. The van der Waals surface area contributed by atoms with Crippen molar-refractivity contribution < 1.29 is 8.42 Å². The molecule has 0 aliphatic carbocycles. The molecule has 3 rings (SSSR count). The van der Waals surface area contributed by atoms with Crippen molar-refractivity contribution in [2.45, 2.75) is 31.6 Å². The molecule has 6 nitrogen and oxygen atoms in total. The van der Waals surface area contributed by atoms with Gasteiger partial charge in [-0.15, -0.1) is 0 Å². The molecule has 0 aliphatic rings. The lowest BCUT2D eigenvalue weighted by molar-refractivity contribution is 0.602. The fraction of sp³-hybridized carbons (Fsp3) is 0.348. The Hall–Kier alpha value is -2.80. The van der Waals surface area contributed by atoms with E-state index in [4.69, 9.17) is 4.99 Å². The standard InChI is InChI=1S/C23H30N4O2S/c1-4-24-23(25-14-12-18-8-10-20(11-9-18)30(3,28)29)26-15-13-19-16-27-21-7-5-6-17(2)22(19)21/h5-11,16,27H,4,12-15H2,1-3H3,(H2,24,25,26). The summed E-state index contributed by atoms with van der Waals surface area (Å²) < 4.78 is 23.1. The van der Waals surface area contributed by atoms with E-state index in [2.05, 4.69) is 46.9 Å². The lowest BCUT2D eigenvalue weighted by Crippen LogP contribution is -2.38. The van der Waals surface area contributed by atoms with E-state index in [0.717, 1.165) is 37.5 Å². The van der Waals surface area contributed by atoms with Crippen molar-refractivity contribution in [1.29, 1.82) is 0 Å². The summed E-state index contributed by atoms with van der Waals surface area (Å²) in [5.41, 5.74) is 4.81. The predicted molar refractivity (Wildman–Crippen MR) is 124 cm³/mol. The van der Waals surface area contributed by atoms with Crippen LogP contribution < -0.4 is 10.6 Å². The molecule has 3 N–H and O–H groups in total. The normalized spacial score (nSPS) is 12.3. The van der Waals surface area contributed by atoms with E-state index < -0.39 is 9.84 Å². The number of aliphatic imine (C=N–C) groups is 1. The van der Waals surface area contributed by atoms with E-state index >= 15 is 0 Å². The van der Waals surface area contributed by atoms with E-state index in [1.807, 2.05) is 19.1 Å². The summed E-state index contributed by atoms with van der Waals surface area (Å²) in [5, 5.41) is 7.93. The van der Waals surface area contributed by atoms with E-state index in [0.29, 0.717) is 11.4 Å². The fourth-order valence-corrected chi connectivity index (χ4v) is 4.14. The first-order valence-corrected chi connectivity index (χ1v) is 12.1. The molecule has 160 valence electrons. The molecule has 0 spiro atoms. The fourth-order valence-electron chi connectivity index (χ4n) is 3.51. The van der Waals surface area contributed by atoms with Crippen LogP contribution in [0.2, 0.25) is 0 Å². The Balaban J connectivity index is 1.55. The number of hydrogen-bond acceptors (Lipinski definition) is 3. The smallest absolute Gasteiger partial charge is 0.191 e. The number of hydrogen-bond donors (Lipinski definition) is 3. The van der Waals surface area contributed by atoms with Crippen LogP contribution in [0, 0.1) is 6.92 Å². The maximum atomic E-state index is 11.6. The third kappa shape index (κ3) is 5.63. The van der Waals surface area contributed by atoms with E-state index in [1.54, 1.807) is 12.1 Å². The minimum atomic E-state index is -3.15. The van der Waals surface area contributed by atoms with Crippen LogP contribution in [0.5, 0.6) is 0 Å². The summed E-state index contributed by atoms with van der Waals surface area (Å²) in [4.78, 5) is 8.39. The zero-order valence-electron chi connectivity index (χ0n) is 17.8. The Morgan fingerprint density at radius 1 is 1.07 bits per heavy atom. The molecular weight excluding hydrogens is 396 g/mol. The van der Waals surface area contributed by atoms with E-state index in [-0.39, 0.29) is 0 Å². The number of H-pyrrole nitrogens is 1. The van der Waals surface area contributed by atoms with Crippen molar-refractivity contribution >= 4 is 26.7 Å². The Bertz CT molecular complexity index is 1120. The largest absolute Gasteiger partial charge is 0.361 e. The Kier molecular flexibility index (Phi) is 7.15. The van der Waals surface area contributed by atoms with Crippen LogP contribution in [0.3, 0.4) is 0 Å². The van der Waals surface area contributed by atoms with Gasteiger partial charge in [-0.3, -0.25) is 4.99 Å². The van der Waals surface area contributed by atoms with Crippen molar-refractivity contribution in [2.24, 2.45) is 4.99 Å². The number of aryl methyl sites for hydroxylation is 1. The maximum absolute atomic E-state index is 11.6. The molecule has 0 atom stereocenters. The minimum Gasteiger partial charge on any atom is -0.361 e. The summed E-state index contributed by atoms with van der Waals surface area (Å²) in [6.45, 7) is 6.39. The Labute approximate surface area is 178 Å². The molecule has 2 aromatic carbocycles. The van der Waals surface area contributed by atoms with Crippen LogP contribution in [0.4, 0.5) is 0 Å². The third-order valence-electron chi connectivity index (χ3n) is 5.05. The van der Waals surface area contributed by atoms with Gasteiger partial charge in [0.25, 0.3) is 0 Å². The zero-order valence-corrected chi connectivity index (χ0v) is 18.6. The van der Waals surface area contributed by atoms with Crippen LogP contribution in [0.1, 0.15) is 23.6 Å². The van der Waals surface area contributed by atoms with Gasteiger partial charge < -0.3 is 15.6 Å². The summed E-state index contributed by atoms with van der Waals surface area (Å²) in [7, 11) is -3.15. The van der Waals surface area contributed by atoms with Gasteiger partial charge in [-0.25, -0.2) is 8.42 Å². The molecule has 0 fully saturated rings. The third-order valence-corrected chi connectivity index (χ3v) is 6.18.